The monoisotopic (exact) mass is 269 g/mol. The van der Waals surface area contributed by atoms with Gasteiger partial charge in [-0.2, -0.15) is 0 Å². The Morgan fingerprint density at radius 1 is 1.44 bits per heavy atom. The van der Waals surface area contributed by atoms with Gasteiger partial charge in [-0.05, 0) is 43.9 Å². The van der Waals surface area contributed by atoms with Gasteiger partial charge in [0.15, 0.2) is 0 Å². The molecule has 0 amide bonds. The fraction of sp³-hybridized carbons (Fsp3) is 0.571. The summed E-state index contributed by atoms with van der Waals surface area (Å²) in [5.41, 5.74) is 8.49. The second-order valence-electron chi connectivity index (χ2n) is 4.82. The van der Waals surface area contributed by atoms with Crippen molar-refractivity contribution < 1.29 is 9.47 Å². The minimum absolute atomic E-state index is 0. The predicted molar refractivity (Wildman–Crippen MR) is 74.0 cm³/mol. The Kier molecular flexibility index (Phi) is 4.03. The molecule has 0 unspecified atom stereocenters. The summed E-state index contributed by atoms with van der Waals surface area (Å²) < 4.78 is 11.4. The predicted octanol–water partition coefficient (Wildman–Crippen LogP) is 2.50. The molecule has 0 spiro atoms. The zero-order valence-electron chi connectivity index (χ0n) is 10.6. The average molecular weight is 270 g/mol. The van der Waals surface area contributed by atoms with Crippen molar-refractivity contribution in [2.75, 3.05) is 19.8 Å². The fourth-order valence-corrected chi connectivity index (χ4v) is 2.83. The smallest absolute Gasteiger partial charge is 0.123 e. The van der Waals surface area contributed by atoms with Crippen molar-refractivity contribution in [1.82, 2.24) is 0 Å². The molecule has 2 atom stereocenters. The van der Waals surface area contributed by atoms with Crippen LogP contribution < -0.4 is 15.2 Å². The van der Waals surface area contributed by atoms with E-state index in [4.69, 9.17) is 15.2 Å². The summed E-state index contributed by atoms with van der Waals surface area (Å²) in [5.74, 6) is 3.32. The normalized spacial score (nSPS) is 23.9. The average Bonchev–Trinajstić information content (AvgIpc) is 2.96. The molecule has 1 aliphatic heterocycles. The Morgan fingerprint density at radius 2 is 2.28 bits per heavy atom. The van der Waals surface area contributed by atoms with Gasteiger partial charge in [-0.1, -0.05) is 0 Å². The van der Waals surface area contributed by atoms with Crippen LogP contribution in [0.4, 0.5) is 0 Å². The third kappa shape index (κ3) is 2.17. The highest BCUT2D eigenvalue weighted by Gasteiger charge is 2.41. The van der Waals surface area contributed by atoms with E-state index >= 15 is 0 Å². The molecular weight excluding hydrogens is 250 g/mol. The van der Waals surface area contributed by atoms with Crippen molar-refractivity contribution in [3.8, 4) is 11.5 Å². The summed E-state index contributed by atoms with van der Waals surface area (Å²) in [5, 5.41) is 0. The number of ether oxygens (including phenoxy) is 2. The van der Waals surface area contributed by atoms with Gasteiger partial charge in [0.2, 0.25) is 0 Å². The molecule has 2 N–H and O–H groups in total. The zero-order chi connectivity index (χ0) is 11.8. The maximum atomic E-state index is 5.76. The molecule has 3 nitrogen and oxygen atoms in total. The van der Waals surface area contributed by atoms with E-state index in [1.165, 1.54) is 17.5 Å². The van der Waals surface area contributed by atoms with Gasteiger partial charge < -0.3 is 15.2 Å². The van der Waals surface area contributed by atoms with Gasteiger partial charge >= 0.3 is 0 Å². The summed E-state index contributed by atoms with van der Waals surface area (Å²) in [6.45, 7) is 4.33. The van der Waals surface area contributed by atoms with Gasteiger partial charge in [-0.25, -0.2) is 0 Å². The second-order valence-corrected chi connectivity index (χ2v) is 4.82. The van der Waals surface area contributed by atoms with Crippen LogP contribution in [0.15, 0.2) is 12.1 Å². The molecule has 1 aromatic rings. The van der Waals surface area contributed by atoms with E-state index in [1.54, 1.807) is 0 Å². The summed E-state index contributed by atoms with van der Waals surface area (Å²) in [6, 6.07) is 4.09. The van der Waals surface area contributed by atoms with E-state index in [2.05, 4.69) is 6.07 Å². The van der Waals surface area contributed by atoms with E-state index < -0.39 is 0 Å². The molecule has 18 heavy (non-hydrogen) atoms. The first-order valence-electron chi connectivity index (χ1n) is 6.46. The van der Waals surface area contributed by atoms with Crippen LogP contribution in [0, 0.1) is 5.92 Å². The standard InChI is InChI=1S/C14H19NO2.ClH/c1-2-16-13-4-3-12-10(5-6-17-12)14(13)11-7-9(11)8-15;/h3-4,9,11H,2,5-8,15H2,1H3;1H/t9-,11+;/m0./s1. The summed E-state index contributed by atoms with van der Waals surface area (Å²) in [6.07, 6.45) is 2.21. The number of hydrogen-bond acceptors (Lipinski definition) is 3. The SMILES string of the molecule is CCOc1ccc2c(c1[C@@H]1C[C@H]1CN)CCO2.Cl. The minimum Gasteiger partial charge on any atom is -0.494 e. The quantitative estimate of drug-likeness (QED) is 0.913. The second kappa shape index (κ2) is 5.37. The fourth-order valence-electron chi connectivity index (χ4n) is 2.83. The molecule has 0 saturated heterocycles. The molecular formula is C14H20ClNO2. The van der Waals surface area contributed by atoms with E-state index in [1.807, 2.05) is 13.0 Å². The number of fused-ring (bicyclic) bond motifs is 1. The number of nitrogens with two attached hydrogens (primary N) is 1. The van der Waals surface area contributed by atoms with Crippen molar-refractivity contribution in [1.29, 1.82) is 0 Å². The summed E-state index contributed by atoms with van der Waals surface area (Å²) in [7, 11) is 0. The molecule has 1 aromatic carbocycles. The number of halogens is 1. The topological polar surface area (TPSA) is 44.5 Å². The van der Waals surface area contributed by atoms with Crippen LogP contribution in [-0.2, 0) is 6.42 Å². The van der Waals surface area contributed by atoms with Crippen LogP contribution in [0.3, 0.4) is 0 Å². The van der Waals surface area contributed by atoms with Crippen LogP contribution in [0.2, 0.25) is 0 Å². The van der Waals surface area contributed by atoms with Crippen LogP contribution in [-0.4, -0.2) is 19.8 Å². The molecule has 1 saturated carbocycles. The highest BCUT2D eigenvalue weighted by molar-refractivity contribution is 5.85. The molecule has 4 heteroatoms. The largest absolute Gasteiger partial charge is 0.494 e. The lowest BCUT2D eigenvalue weighted by Crippen LogP contribution is -2.04. The minimum atomic E-state index is 0. The zero-order valence-corrected chi connectivity index (χ0v) is 11.5. The summed E-state index contributed by atoms with van der Waals surface area (Å²) in [4.78, 5) is 0. The van der Waals surface area contributed by atoms with E-state index in [0.717, 1.165) is 31.1 Å². The Morgan fingerprint density at radius 3 is 2.94 bits per heavy atom. The Hall–Kier alpha value is -0.930. The molecule has 1 aliphatic carbocycles. The van der Waals surface area contributed by atoms with E-state index in [-0.39, 0.29) is 12.4 Å². The van der Waals surface area contributed by atoms with Crippen LogP contribution in [0.1, 0.15) is 30.4 Å². The van der Waals surface area contributed by atoms with Gasteiger partial charge in [0.1, 0.15) is 11.5 Å². The van der Waals surface area contributed by atoms with Crippen molar-refractivity contribution in [3.63, 3.8) is 0 Å². The third-order valence-corrected chi connectivity index (χ3v) is 3.78. The maximum absolute atomic E-state index is 5.76. The van der Waals surface area contributed by atoms with Gasteiger partial charge in [-0.15, -0.1) is 12.4 Å². The van der Waals surface area contributed by atoms with Crippen molar-refractivity contribution in [3.05, 3.63) is 23.3 Å². The lowest BCUT2D eigenvalue weighted by Gasteiger charge is -2.13. The Balaban J connectivity index is 0.00000120. The van der Waals surface area contributed by atoms with Gasteiger partial charge in [-0.3, -0.25) is 0 Å². The number of benzene rings is 1. The van der Waals surface area contributed by atoms with Crippen molar-refractivity contribution in [2.24, 2.45) is 11.7 Å². The van der Waals surface area contributed by atoms with Crippen molar-refractivity contribution in [2.45, 2.75) is 25.7 Å². The highest BCUT2D eigenvalue weighted by atomic mass is 35.5. The first-order valence-corrected chi connectivity index (χ1v) is 6.46. The van der Waals surface area contributed by atoms with Gasteiger partial charge in [0.25, 0.3) is 0 Å². The highest BCUT2D eigenvalue weighted by Crippen LogP contribution is 2.53. The first-order chi connectivity index (χ1) is 8.35. The lowest BCUT2D eigenvalue weighted by atomic mass is 9.98. The first kappa shape index (κ1) is 13.5. The molecule has 0 bridgehead atoms. The van der Waals surface area contributed by atoms with Crippen LogP contribution in [0.5, 0.6) is 11.5 Å². The lowest BCUT2D eigenvalue weighted by molar-refractivity contribution is 0.334. The van der Waals surface area contributed by atoms with Crippen LogP contribution in [0.25, 0.3) is 0 Å². The molecule has 1 fully saturated rings. The van der Waals surface area contributed by atoms with Gasteiger partial charge in [0.05, 0.1) is 13.2 Å². The van der Waals surface area contributed by atoms with E-state index in [0.29, 0.717) is 18.4 Å². The Labute approximate surface area is 114 Å². The molecule has 2 aliphatic rings. The van der Waals surface area contributed by atoms with Crippen LogP contribution >= 0.6 is 12.4 Å². The van der Waals surface area contributed by atoms with E-state index in [9.17, 15) is 0 Å². The number of hydrogen-bond donors (Lipinski definition) is 1. The molecule has 100 valence electrons. The molecule has 0 radical (unpaired) electrons. The third-order valence-electron chi connectivity index (χ3n) is 3.78. The maximum Gasteiger partial charge on any atom is 0.123 e. The molecule has 1 heterocycles. The Bertz CT molecular complexity index is 436. The summed E-state index contributed by atoms with van der Waals surface area (Å²) >= 11 is 0. The molecule has 0 aromatic heterocycles. The number of rotatable bonds is 4. The molecule has 3 rings (SSSR count). The van der Waals surface area contributed by atoms with Crippen molar-refractivity contribution >= 4 is 12.4 Å². The van der Waals surface area contributed by atoms with Gasteiger partial charge in [0, 0.05) is 17.5 Å².